The molecule has 0 unspecified atom stereocenters. The van der Waals surface area contributed by atoms with Crippen LogP contribution in [0.1, 0.15) is 27.7 Å². The van der Waals surface area contributed by atoms with E-state index in [2.05, 4.69) is 48.1 Å². The van der Waals surface area contributed by atoms with Gasteiger partial charge in [0.2, 0.25) is 0 Å². The number of hydrogen-bond acceptors (Lipinski definition) is 4. The van der Waals surface area contributed by atoms with E-state index in [4.69, 9.17) is 0 Å². The van der Waals surface area contributed by atoms with Gasteiger partial charge in [0.15, 0.2) is 0 Å². The fourth-order valence-electron chi connectivity index (χ4n) is 1.54. The van der Waals surface area contributed by atoms with Gasteiger partial charge in [-0.05, 0) is 34.0 Å². The summed E-state index contributed by atoms with van der Waals surface area (Å²) in [5.41, 5.74) is 0. The van der Waals surface area contributed by atoms with Crippen molar-refractivity contribution >= 4 is 11.9 Å². The second-order valence-electron chi connectivity index (χ2n) is 4.45. The van der Waals surface area contributed by atoms with Gasteiger partial charge in [-0.25, -0.2) is 4.31 Å². The minimum Gasteiger partial charge on any atom is -0.274 e. The number of nitrogens with zero attached hydrogens (tertiary/aromatic N) is 3. The van der Waals surface area contributed by atoms with Crippen molar-refractivity contribution in [2.45, 2.75) is 39.8 Å². The molecule has 1 aliphatic rings. The predicted octanol–water partition coefficient (Wildman–Crippen LogP) is 1.87. The van der Waals surface area contributed by atoms with Crippen molar-refractivity contribution in [2.24, 2.45) is 0 Å². The highest BCUT2D eigenvalue weighted by Crippen LogP contribution is 2.17. The van der Waals surface area contributed by atoms with E-state index >= 15 is 0 Å². The lowest BCUT2D eigenvalue weighted by atomic mass is 10.3. The lowest BCUT2D eigenvalue weighted by Crippen LogP contribution is -2.56. The monoisotopic (exact) mass is 217 g/mol. The lowest BCUT2D eigenvalue weighted by molar-refractivity contribution is -0.0159. The van der Waals surface area contributed by atoms with Crippen LogP contribution in [0.4, 0.5) is 0 Å². The molecular weight excluding hydrogens is 194 g/mol. The Bertz CT molecular complexity index is 157. The number of hydrogen-bond donors (Lipinski definition) is 0. The maximum absolute atomic E-state index is 2.50. The first-order chi connectivity index (χ1) is 6.54. The number of rotatable bonds is 3. The van der Waals surface area contributed by atoms with E-state index in [1.54, 1.807) is 0 Å². The first kappa shape index (κ1) is 12.3. The standard InChI is InChI=1S/C10H23N3S/c1-9(2)11-6-12(10(3)4)8-13(7-11)14-5/h9-10H,6-8H2,1-5H3. The molecule has 0 aromatic heterocycles. The molecule has 0 amide bonds. The van der Waals surface area contributed by atoms with Crippen LogP contribution in [0.15, 0.2) is 0 Å². The van der Waals surface area contributed by atoms with Crippen molar-refractivity contribution in [3.63, 3.8) is 0 Å². The second kappa shape index (κ2) is 5.35. The zero-order chi connectivity index (χ0) is 10.7. The van der Waals surface area contributed by atoms with Crippen molar-refractivity contribution in [2.75, 3.05) is 26.3 Å². The van der Waals surface area contributed by atoms with Gasteiger partial charge in [-0.1, -0.05) is 11.9 Å². The highest BCUT2D eigenvalue weighted by atomic mass is 32.2. The molecule has 1 aliphatic heterocycles. The maximum atomic E-state index is 2.50. The molecule has 14 heavy (non-hydrogen) atoms. The summed E-state index contributed by atoms with van der Waals surface area (Å²) < 4.78 is 2.41. The van der Waals surface area contributed by atoms with Gasteiger partial charge in [0.25, 0.3) is 0 Å². The molecule has 4 heteroatoms. The third-order valence-corrected chi connectivity index (χ3v) is 3.51. The molecule has 1 saturated heterocycles. The van der Waals surface area contributed by atoms with Gasteiger partial charge in [0, 0.05) is 12.1 Å². The quantitative estimate of drug-likeness (QED) is 0.667. The average Bonchev–Trinajstić information content (AvgIpc) is 2.16. The summed E-state index contributed by atoms with van der Waals surface area (Å²) in [6.07, 6.45) is 2.16. The van der Waals surface area contributed by atoms with Crippen LogP contribution in [-0.2, 0) is 0 Å². The van der Waals surface area contributed by atoms with Crippen LogP contribution in [0.2, 0.25) is 0 Å². The summed E-state index contributed by atoms with van der Waals surface area (Å²) in [7, 11) is 0. The second-order valence-corrected chi connectivity index (χ2v) is 5.34. The normalized spacial score (nSPS) is 22.5. The lowest BCUT2D eigenvalue weighted by Gasteiger charge is -2.44. The Labute approximate surface area is 92.6 Å². The molecule has 3 nitrogen and oxygen atoms in total. The molecule has 1 rings (SSSR count). The third-order valence-electron chi connectivity index (χ3n) is 2.76. The van der Waals surface area contributed by atoms with E-state index in [0.29, 0.717) is 12.1 Å². The highest BCUT2D eigenvalue weighted by Gasteiger charge is 2.25. The van der Waals surface area contributed by atoms with Crippen molar-refractivity contribution in [3.05, 3.63) is 0 Å². The molecule has 0 saturated carbocycles. The van der Waals surface area contributed by atoms with Gasteiger partial charge in [-0.15, -0.1) is 0 Å². The molecule has 0 aromatic rings. The first-order valence-electron chi connectivity index (χ1n) is 5.31. The van der Waals surface area contributed by atoms with Crippen LogP contribution in [0.5, 0.6) is 0 Å². The van der Waals surface area contributed by atoms with Gasteiger partial charge in [0.1, 0.15) is 0 Å². The van der Waals surface area contributed by atoms with Crippen molar-refractivity contribution in [1.29, 1.82) is 0 Å². The highest BCUT2D eigenvalue weighted by molar-refractivity contribution is 7.96. The first-order valence-corrected chi connectivity index (χ1v) is 6.50. The van der Waals surface area contributed by atoms with Crippen LogP contribution in [0, 0.1) is 0 Å². The van der Waals surface area contributed by atoms with E-state index in [0.717, 1.165) is 20.0 Å². The topological polar surface area (TPSA) is 9.72 Å². The molecule has 1 heterocycles. The van der Waals surface area contributed by atoms with E-state index in [9.17, 15) is 0 Å². The van der Waals surface area contributed by atoms with Crippen molar-refractivity contribution < 1.29 is 0 Å². The van der Waals surface area contributed by atoms with Gasteiger partial charge >= 0.3 is 0 Å². The fourth-order valence-corrected chi connectivity index (χ4v) is 2.07. The molecule has 0 aromatic carbocycles. The van der Waals surface area contributed by atoms with Crippen LogP contribution in [-0.4, -0.2) is 52.5 Å². The smallest absolute Gasteiger partial charge is 0.0633 e. The van der Waals surface area contributed by atoms with Crippen molar-refractivity contribution in [3.8, 4) is 0 Å². The summed E-state index contributed by atoms with van der Waals surface area (Å²) in [5, 5.41) is 0. The zero-order valence-electron chi connectivity index (χ0n) is 10.0. The zero-order valence-corrected chi connectivity index (χ0v) is 10.8. The maximum Gasteiger partial charge on any atom is 0.0633 e. The van der Waals surface area contributed by atoms with Crippen LogP contribution < -0.4 is 0 Å². The van der Waals surface area contributed by atoms with Crippen LogP contribution >= 0.6 is 11.9 Å². The van der Waals surface area contributed by atoms with E-state index in [1.165, 1.54) is 0 Å². The molecule has 0 atom stereocenters. The minimum absolute atomic E-state index is 0.631. The Morgan fingerprint density at radius 1 is 0.857 bits per heavy atom. The molecule has 0 bridgehead atoms. The van der Waals surface area contributed by atoms with Crippen molar-refractivity contribution in [1.82, 2.24) is 14.1 Å². The van der Waals surface area contributed by atoms with E-state index < -0.39 is 0 Å². The van der Waals surface area contributed by atoms with Crippen LogP contribution in [0.3, 0.4) is 0 Å². The largest absolute Gasteiger partial charge is 0.274 e. The van der Waals surface area contributed by atoms with Gasteiger partial charge in [0.05, 0.1) is 20.0 Å². The molecule has 0 N–H and O–H groups in total. The molecule has 1 fully saturated rings. The Kier molecular flexibility index (Phi) is 4.70. The molecule has 0 spiro atoms. The Morgan fingerprint density at radius 3 is 1.57 bits per heavy atom. The average molecular weight is 217 g/mol. The molecular formula is C10H23N3S. The summed E-state index contributed by atoms with van der Waals surface area (Å²) in [5.74, 6) is 0. The summed E-state index contributed by atoms with van der Waals surface area (Å²) >= 11 is 1.84. The third kappa shape index (κ3) is 3.12. The predicted molar refractivity (Wildman–Crippen MR) is 63.9 cm³/mol. The summed E-state index contributed by atoms with van der Waals surface area (Å²) in [4.78, 5) is 5.00. The van der Waals surface area contributed by atoms with Crippen LogP contribution in [0.25, 0.3) is 0 Å². The van der Waals surface area contributed by atoms with E-state index in [1.807, 2.05) is 11.9 Å². The Balaban J connectivity index is 2.56. The fraction of sp³-hybridized carbons (Fsp3) is 1.00. The van der Waals surface area contributed by atoms with Gasteiger partial charge in [-0.3, -0.25) is 9.80 Å². The molecule has 0 aliphatic carbocycles. The molecule has 0 radical (unpaired) electrons. The van der Waals surface area contributed by atoms with Gasteiger partial charge < -0.3 is 0 Å². The SMILES string of the molecule is CSN1CN(C(C)C)CN(C(C)C)C1. The summed E-state index contributed by atoms with van der Waals surface area (Å²) in [6, 6.07) is 1.26. The minimum atomic E-state index is 0.631. The Hall–Kier alpha value is 0.230. The molecule has 84 valence electrons. The van der Waals surface area contributed by atoms with E-state index in [-0.39, 0.29) is 0 Å². The Morgan fingerprint density at radius 2 is 1.29 bits per heavy atom. The van der Waals surface area contributed by atoms with Gasteiger partial charge in [-0.2, -0.15) is 0 Å². The summed E-state index contributed by atoms with van der Waals surface area (Å²) in [6.45, 7) is 12.3.